The number of aliphatic hydroxyl groups is 1. The molecule has 3 rings (SSSR count). The summed E-state index contributed by atoms with van der Waals surface area (Å²) >= 11 is 0. The van der Waals surface area contributed by atoms with Crippen LogP contribution < -0.4 is 5.32 Å². The lowest BCUT2D eigenvalue weighted by atomic mass is 9.90. The third-order valence-corrected chi connectivity index (χ3v) is 4.27. The molecule has 8 nitrogen and oxygen atoms in total. The van der Waals surface area contributed by atoms with Gasteiger partial charge in [-0.15, -0.1) is 5.10 Å². The molecule has 1 saturated carbocycles. The zero-order chi connectivity index (χ0) is 16.4. The molecule has 0 bridgehead atoms. The Morgan fingerprint density at radius 3 is 2.87 bits per heavy atom. The Balaban J connectivity index is 1.76. The maximum atomic E-state index is 12.2. The molecule has 2 heterocycles. The van der Waals surface area contributed by atoms with Crippen molar-refractivity contribution < 1.29 is 9.90 Å². The maximum absolute atomic E-state index is 12.2. The number of carbonyl (C=O) groups is 1. The standard InChI is InChI=1S/C15H22N6O2/c1-15(2,23)13-9-21(20-19-13)12-6-4-3-5-10(12)17-14(22)11-7-8-16-18-11/h7-10,12,23H,3-6H2,1-2H3,(H,16,18)(H,17,22)/t10-,12+/m0/s1. The number of hydrogen-bond acceptors (Lipinski definition) is 5. The van der Waals surface area contributed by atoms with E-state index in [1.54, 1.807) is 37.0 Å². The van der Waals surface area contributed by atoms with Crippen molar-refractivity contribution in [3.8, 4) is 0 Å². The third kappa shape index (κ3) is 3.42. The molecule has 1 amide bonds. The third-order valence-electron chi connectivity index (χ3n) is 4.27. The fraction of sp³-hybridized carbons (Fsp3) is 0.600. The summed E-state index contributed by atoms with van der Waals surface area (Å²) < 4.78 is 1.77. The van der Waals surface area contributed by atoms with Crippen LogP contribution in [-0.4, -0.2) is 42.2 Å². The van der Waals surface area contributed by atoms with Gasteiger partial charge in [-0.2, -0.15) is 5.10 Å². The second-order valence-corrected chi connectivity index (χ2v) is 6.54. The Morgan fingerprint density at radius 1 is 1.43 bits per heavy atom. The monoisotopic (exact) mass is 318 g/mol. The van der Waals surface area contributed by atoms with Crippen molar-refractivity contribution in [1.29, 1.82) is 0 Å². The van der Waals surface area contributed by atoms with Crippen LogP contribution in [0.3, 0.4) is 0 Å². The van der Waals surface area contributed by atoms with E-state index in [0.717, 1.165) is 25.7 Å². The molecule has 3 N–H and O–H groups in total. The lowest BCUT2D eigenvalue weighted by Gasteiger charge is -2.31. The van der Waals surface area contributed by atoms with E-state index in [1.165, 1.54) is 0 Å². The number of carbonyl (C=O) groups excluding carboxylic acids is 1. The lowest BCUT2D eigenvalue weighted by molar-refractivity contribution is 0.0735. The minimum absolute atomic E-state index is 0.0177. The zero-order valence-corrected chi connectivity index (χ0v) is 13.4. The summed E-state index contributed by atoms with van der Waals surface area (Å²) in [7, 11) is 0. The Hall–Kier alpha value is -2.22. The van der Waals surface area contributed by atoms with E-state index < -0.39 is 5.60 Å². The van der Waals surface area contributed by atoms with Crippen LogP contribution in [0.2, 0.25) is 0 Å². The second kappa shape index (κ2) is 6.11. The molecule has 2 aromatic rings. The largest absolute Gasteiger partial charge is 0.384 e. The molecule has 0 spiro atoms. The topological polar surface area (TPSA) is 109 Å². The minimum Gasteiger partial charge on any atom is -0.384 e. The zero-order valence-electron chi connectivity index (χ0n) is 13.4. The van der Waals surface area contributed by atoms with E-state index in [0.29, 0.717) is 11.4 Å². The van der Waals surface area contributed by atoms with Crippen LogP contribution >= 0.6 is 0 Å². The van der Waals surface area contributed by atoms with E-state index >= 15 is 0 Å². The molecule has 1 aliphatic carbocycles. The molecular weight excluding hydrogens is 296 g/mol. The number of aromatic amines is 1. The van der Waals surface area contributed by atoms with Crippen LogP contribution in [0.25, 0.3) is 0 Å². The Bertz CT molecular complexity index is 658. The fourth-order valence-electron chi connectivity index (χ4n) is 2.94. The SMILES string of the molecule is CC(C)(O)c1cn([C@@H]2CCCC[C@@H]2NC(=O)c2ccn[nH]2)nn1. The average molecular weight is 318 g/mol. The van der Waals surface area contributed by atoms with Crippen molar-refractivity contribution in [1.82, 2.24) is 30.5 Å². The van der Waals surface area contributed by atoms with Gasteiger partial charge in [-0.3, -0.25) is 9.89 Å². The van der Waals surface area contributed by atoms with E-state index in [2.05, 4.69) is 25.8 Å². The number of H-pyrrole nitrogens is 1. The van der Waals surface area contributed by atoms with Gasteiger partial charge in [0.15, 0.2) is 0 Å². The maximum Gasteiger partial charge on any atom is 0.269 e. The quantitative estimate of drug-likeness (QED) is 0.783. The first-order chi connectivity index (χ1) is 10.9. The number of nitrogens with zero attached hydrogens (tertiary/aromatic N) is 4. The summed E-state index contributed by atoms with van der Waals surface area (Å²) in [4.78, 5) is 12.2. The van der Waals surface area contributed by atoms with Crippen LogP contribution in [0.1, 0.15) is 61.8 Å². The molecule has 0 aromatic carbocycles. The Morgan fingerprint density at radius 2 is 2.22 bits per heavy atom. The minimum atomic E-state index is -1.03. The molecule has 8 heteroatoms. The first-order valence-electron chi connectivity index (χ1n) is 7.90. The summed E-state index contributed by atoms with van der Waals surface area (Å²) in [6, 6.07) is 1.67. The van der Waals surface area contributed by atoms with Crippen LogP contribution in [0.5, 0.6) is 0 Å². The Kier molecular flexibility index (Phi) is 4.16. The lowest BCUT2D eigenvalue weighted by Crippen LogP contribution is -2.43. The van der Waals surface area contributed by atoms with E-state index in [1.807, 2.05) is 0 Å². The highest BCUT2D eigenvalue weighted by Gasteiger charge is 2.30. The second-order valence-electron chi connectivity index (χ2n) is 6.54. The number of nitrogens with one attached hydrogen (secondary N) is 2. The highest BCUT2D eigenvalue weighted by atomic mass is 16.3. The molecular formula is C15H22N6O2. The highest BCUT2D eigenvalue weighted by molar-refractivity contribution is 5.92. The summed E-state index contributed by atoms with van der Waals surface area (Å²) in [5.74, 6) is -0.165. The summed E-state index contributed by atoms with van der Waals surface area (Å²) in [6.07, 6.45) is 7.28. The summed E-state index contributed by atoms with van der Waals surface area (Å²) in [6.45, 7) is 3.36. The van der Waals surface area contributed by atoms with Gasteiger partial charge in [-0.1, -0.05) is 18.1 Å². The smallest absolute Gasteiger partial charge is 0.269 e. The number of amides is 1. The molecule has 1 fully saturated rings. The highest BCUT2D eigenvalue weighted by Crippen LogP contribution is 2.29. The van der Waals surface area contributed by atoms with Gasteiger partial charge < -0.3 is 10.4 Å². The van der Waals surface area contributed by atoms with Gasteiger partial charge in [0, 0.05) is 6.20 Å². The molecule has 124 valence electrons. The molecule has 2 aromatic heterocycles. The summed E-state index contributed by atoms with van der Waals surface area (Å²) in [5, 5.41) is 27.8. The van der Waals surface area contributed by atoms with Crippen molar-refractivity contribution in [2.75, 3.05) is 0 Å². The Labute approximate surface area is 134 Å². The molecule has 0 unspecified atom stereocenters. The van der Waals surface area contributed by atoms with Crippen LogP contribution in [0.15, 0.2) is 18.5 Å². The van der Waals surface area contributed by atoms with Gasteiger partial charge in [-0.25, -0.2) is 4.68 Å². The fourth-order valence-corrected chi connectivity index (χ4v) is 2.94. The molecule has 1 aliphatic rings. The number of aromatic nitrogens is 5. The van der Waals surface area contributed by atoms with Crippen LogP contribution in [-0.2, 0) is 5.60 Å². The van der Waals surface area contributed by atoms with E-state index in [9.17, 15) is 9.90 Å². The van der Waals surface area contributed by atoms with Crippen molar-refractivity contribution in [3.05, 3.63) is 29.8 Å². The predicted molar refractivity (Wildman–Crippen MR) is 82.6 cm³/mol. The van der Waals surface area contributed by atoms with Gasteiger partial charge >= 0.3 is 0 Å². The van der Waals surface area contributed by atoms with Gasteiger partial charge in [-0.05, 0) is 32.8 Å². The van der Waals surface area contributed by atoms with Crippen LogP contribution in [0, 0.1) is 0 Å². The number of rotatable bonds is 4. The molecule has 0 saturated heterocycles. The van der Waals surface area contributed by atoms with Gasteiger partial charge in [0.2, 0.25) is 0 Å². The van der Waals surface area contributed by atoms with Crippen molar-refractivity contribution in [3.63, 3.8) is 0 Å². The average Bonchev–Trinajstić information content (AvgIpc) is 3.19. The number of hydrogen-bond donors (Lipinski definition) is 3. The molecule has 23 heavy (non-hydrogen) atoms. The van der Waals surface area contributed by atoms with E-state index in [4.69, 9.17) is 0 Å². The van der Waals surface area contributed by atoms with Crippen molar-refractivity contribution in [2.45, 2.75) is 57.2 Å². The van der Waals surface area contributed by atoms with Gasteiger partial charge in [0.25, 0.3) is 5.91 Å². The van der Waals surface area contributed by atoms with Crippen LogP contribution in [0.4, 0.5) is 0 Å². The summed E-state index contributed by atoms with van der Waals surface area (Å²) in [5.41, 5.74) is -0.0477. The normalized spacial score (nSPS) is 22.0. The van der Waals surface area contributed by atoms with E-state index in [-0.39, 0.29) is 18.0 Å². The molecule has 0 radical (unpaired) electrons. The first kappa shape index (κ1) is 15.7. The molecule has 2 atom stereocenters. The van der Waals surface area contributed by atoms with Crippen molar-refractivity contribution in [2.24, 2.45) is 0 Å². The van der Waals surface area contributed by atoms with Gasteiger partial charge in [0.1, 0.15) is 17.0 Å². The molecule has 0 aliphatic heterocycles. The van der Waals surface area contributed by atoms with Crippen molar-refractivity contribution >= 4 is 5.91 Å². The van der Waals surface area contributed by atoms with Gasteiger partial charge in [0.05, 0.1) is 18.3 Å². The first-order valence-corrected chi connectivity index (χ1v) is 7.90. The predicted octanol–water partition coefficient (Wildman–Crippen LogP) is 1.14.